The zero-order valence-electron chi connectivity index (χ0n) is 58.2. The third-order valence-electron chi connectivity index (χ3n) is 15.0. The molecule has 13 amide bonds. The summed E-state index contributed by atoms with van der Waals surface area (Å²) in [4.78, 5) is 205. The minimum Gasteiger partial charge on any atom is -0.370 e. The van der Waals surface area contributed by atoms with Gasteiger partial charge in [0, 0.05) is 77.4 Å². The molecule has 0 unspecified atom stereocenters. The van der Waals surface area contributed by atoms with Crippen LogP contribution in [-0.4, -0.2) is 236 Å². The van der Waals surface area contributed by atoms with Crippen molar-refractivity contribution in [2.45, 2.75) is 183 Å². The number of hydrogen-bond acceptors (Lipinski definition) is 20. The average molecular weight is 1480 g/mol. The van der Waals surface area contributed by atoms with E-state index in [1.807, 2.05) is 0 Å². The molecule has 1 aliphatic heterocycles. The van der Waals surface area contributed by atoms with Gasteiger partial charge in [0.1, 0.15) is 54.4 Å². The van der Waals surface area contributed by atoms with Crippen molar-refractivity contribution in [1.29, 1.82) is 0 Å². The Bertz CT molecular complexity index is 3000. The Kier molecular flexibility index (Phi) is 44.1. The van der Waals surface area contributed by atoms with Crippen molar-refractivity contribution < 1.29 is 62.3 Å². The van der Waals surface area contributed by atoms with Crippen LogP contribution in [0.25, 0.3) is 0 Å². The Morgan fingerprint density at radius 3 is 1.22 bits per heavy atom. The van der Waals surface area contributed by atoms with Gasteiger partial charge < -0.3 is 138 Å². The van der Waals surface area contributed by atoms with Crippen LogP contribution in [0, 0.1) is 0 Å². The predicted octanol–water partition coefficient (Wildman–Crippen LogP) is -11.7. The summed E-state index contributed by atoms with van der Waals surface area (Å²) < 4.78 is 0. The first-order chi connectivity index (χ1) is 48.6. The smallest absolute Gasteiger partial charge is 0.245 e. The van der Waals surface area contributed by atoms with Gasteiger partial charge in [0.15, 0.2) is 35.8 Å². The summed E-state index contributed by atoms with van der Waals surface area (Å²) in [6, 6.07) is -13.1. The molecule has 1 aliphatic rings. The molecule has 44 nitrogen and oxygen atoms in total. The van der Waals surface area contributed by atoms with Gasteiger partial charge in [-0.15, -0.1) is 0 Å². The highest BCUT2D eigenvalue weighted by Gasteiger charge is 2.36. The number of amides is 13. The highest BCUT2D eigenvalue weighted by molar-refractivity contribution is 7.80. The van der Waals surface area contributed by atoms with E-state index >= 15 is 4.79 Å². The summed E-state index contributed by atoms with van der Waals surface area (Å²) >= 11 is 4.09. The maximum atomic E-state index is 15.2. The van der Waals surface area contributed by atoms with Crippen LogP contribution in [0.15, 0.2) is 30.0 Å². The molecule has 580 valence electrons. The number of aliphatic imine (C=N–C) groups is 6. The third-order valence-corrected chi connectivity index (χ3v) is 15.4. The van der Waals surface area contributed by atoms with Crippen LogP contribution in [0.2, 0.25) is 0 Å². The maximum absolute atomic E-state index is 15.2. The van der Waals surface area contributed by atoms with E-state index < -0.39 is 144 Å². The molecule has 0 radical (unpaired) electrons. The average Bonchev–Trinajstić information content (AvgIpc) is 0.865. The van der Waals surface area contributed by atoms with E-state index in [2.05, 4.69) is 95.8 Å². The first-order valence-electron chi connectivity index (χ1n) is 33.4. The topological polar surface area (TPSA) is 784 Å². The number of primary amides is 2. The molecule has 0 bridgehead atoms. The highest BCUT2D eigenvalue weighted by atomic mass is 32.1. The number of rotatable bonds is 38. The number of carbonyl (C=O) groups is 13. The van der Waals surface area contributed by atoms with Gasteiger partial charge in [0.25, 0.3) is 0 Å². The van der Waals surface area contributed by atoms with E-state index in [0.29, 0.717) is 0 Å². The number of guanidine groups is 6. The molecule has 0 spiro atoms. The molecule has 45 heteroatoms. The molecule has 103 heavy (non-hydrogen) atoms. The van der Waals surface area contributed by atoms with E-state index in [1.165, 1.54) is 6.92 Å². The minimum absolute atomic E-state index is 0.00870. The third kappa shape index (κ3) is 41.4. The molecular formula is C58H109N31O13S. The van der Waals surface area contributed by atoms with Gasteiger partial charge in [0.05, 0.1) is 6.54 Å². The first-order valence-corrected chi connectivity index (χ1v) is 34.0. The molecule has 0 aromatic rings. The number of nitrogens with two attached hydrogens (primary N) is 14. The van der Waals surface area contributed by atoms with Crippen molar-refractivity contribution in [2.75, 3.05) is 64.7 Å². The fourth-order valence-electron chi connectivity index (χ4n) is 9.75. The first kappa shape index (κ1) is 90.1. The summed E-state index contributed by atoms with van der Waals surface area (Å²) in [5, 5.41) is 25.8. The van der Waals surface area contributed by atoms with Crippen LogP contribution >= 0.6 is 12.6 Å². The van der Waals surface area contributed by atoms with Gasteiger partial charge in [0.2, 0.25) is 76.8 Å². The molecule has 1 fully saturated rings. The van der Waals surface area contributed by atoms with Crippen LogP contribution in [0.3, 0.4) is 0 Å². The standard InChI is InChI=1S/C58H109N31O13S/c1-31-45(95)83-34(13-6-23-76-55(65)66)50(100)87-38(16-9-26-79-58(71)72)52(102)89(28-10-27-73-41(91)17-2-3-18-42(92)81-32(11-4-21-74-53(61)62)47(97)86-37(46(96)80-31)19-20-40(59)90)29-43(93)82-33(12-5-22-75-54(63)64)48(98)84-35(14-7-24-77-56(67)68)49(99)85-36(15-8-25-78-57(69)70)51(101)88-39(30-103)44(60)94/h31-39,103H,2-30H2,1H3,(H2,59,90)(H2,60,94)(H,73,91)(H,80,96)(H,81,92)(H,82,93)(H,83,95)(H,84,98)(H,85,99)(H,86,97)(H,87,100)(H,88,101)(H4,61,62,74)(H4,63,64,75)(H4,65,66,76)(H4,67,68,77)(H4,69,70,78)(H4,71,72,79)/t31-,32-,33-,34-,35-,36-,37-,38-,39-/m0/s1. The number of hydrogen-bond donors (Lipinski definition) is 25. The zero-order chi connectivity index (χ0) is 77.6. The van der Waals surface area contributed by atoms with Crippen LogP contribution in [0.5, 0.6) is 0 Å². The van der Waals surface area contributed by atoms with Gasteiger partial charge in [-0.25, -0.2) is 0 Å². The van der Waals surface area contributed by atoms with Crippen molar-refractivity contribution in [2.24, 2.45) is 110 Å². The van der Waals surface area contributed by atoms with Gasteiger partial charge in [-0.2, -0.15) is 12.6 Å². The Balaban J connectivity index is 4.12. The molecular weight excluding hydrogens is 1370 g/mol. The lowest BCUT2D eigenvalue weighted by atomic mass is 10.0. The summed E-state index contributed by atoms with van der Waals surface area (Å²) in [5.74, 6) is -13.2. The molecule has 1 heterocycles. The van der Waals surface area contributed by atoms with Crippen LogP contribution < -0.4 is 133 Å². The van der Waals surface area contributed by atoms with Crippen LogP contribution in [0.1, 0.15) is 129 Å². The van der Waals surface area contributed by atoms with Crippen molar-refractivity contribution in [3.05, 3.63) is 0 Å². The summed E-state index contributed by atoms with van der Waals surface area (Å²) in [7, 11) is 0. The lowest BCUT2D eigenvalue weighted by Gasteiger charge is -2.30. The second-order valence-electron chi connectivity index (χ2n) is 23.8. The van der Waals surface area contributed by atoms with E-state index in [1.54, 1.807) is 0 Å². The monoisotopic (exact) mass is 1480 g/mol. The zero-order valence-corrected chi connectivity index (χ0v) is 59.1. The lowest BCUT2D eigenvalue weighted by Crippen LogP contribution is -2.59. The van der Waals surface area contributed by atoms with E-state index in [-0.39, 0.29) is 209 Å². The molecule has 9 atom stereocenters. The second kappa shape index (κ2) is 50.4. The van der Waals surface area contributed by atoms with Crippen molar-refractivity contribution in [3.63, 3.8) is 0 Å². The lowest BCUT2D eigenvalue weighted by molar-refractivity contribution is -0.141. The number of nitrogens with one attached hydrogen (secondary N) is 10. The molecule has 0 saturated carbocycles. The second-order valence-corrected chi connectivity index (χ2v) is 24.2. The van der Waals surface area contributed by atoms with E-state index in [0.717, 1.165) is 4.90 Å². The quantitative estimate of drug-likeness (QED) is 0.0118. The van der Waals surface area contributed by atoms with Gasteiger partial charge >= 0.3 is 0 Å². The van der Waals surface area contributed by atoms with Crippen LogP contribution in [0.4, 0.5) is 0 Å². The fourth-order valence-corrected chi connectivity index (χ4v) is 10.0. The molecule has 0 aromatic heterocycles. The maximum Gasteiger partial charge on any atom is 0.245 e. The van der Waals surface area contributed by atoms with Gasteiger partial charge in [-0.1, -0.05) is 0 Å². The fraction of sp³-hybridized carbons (Fsp3) is 0.672. The minimum atomic E-state index is -1.56. The Hall–Kier alpha value is -10.9. The molecule has 1 saturated heterocycles. The number of carbonyl (C=O) groups excluding carboxylic acids is 13. The molecule has 38 N–H and O–H groups in total. The Morgan fingerprint density at radius 1 is 0.447 bits per heavy atom. The number of nitrogens with zero attached hydrogens (tertiary/aromatic N) is 7. The molecule has 0 aliphatic carbocycles. The van der Waals surface area contributed by atoms with Gasteiger partial charge in [-0.05, 0) is 110 Å². The summed E-state index contributed by atoms with van der Waals surface area (Å²) in [6.45, 7) is -0.228. The largest absolute Gasteiger partial charge is 0.370 e. The van der Waals surface area contributed by atoms with E-state index in [4.69, 9.17) is 80.3 Å². The predicted molar refractivity (Wildman–Crippen MR) is 387 cm³/mol. The number of thiol groups is 1. The van der Waals surface area contributed by atoms with Crippen molar-refractivity contribution in [1.82, 2.24) is 58.1 Å². The molecule has 0 aromatic carbocycles. The summed E-state index contributed by atoms with van der Waals surface area (Å²) in [6.07, 6.45) is -1.37. The highest BCUT2D eigenvalue weighted by Crippen LogP contribution is 2.13. The Morgan fingerprint density at radius 2 is 0.806 bits per heavy atom. The molecule has 1 rings (SSSR count). The van der Waals surface area contributed by atoms with E-state index in [9.17, 15) is 57.5 Å². The normalized spacial score (nSPS) is 18.7. The Labute approximate surface area is 601 Å². The SMILES string of the molecule is C[C@@H]1NC(=O)[C@H](CCC(N)=O)NC(=O)[C@H](CCCN=C(N)N)NC(=O)CCCCC(=O)NCCCN(CC(=O)N[C@@H](CCCN=C(N)N)C(=O)N[C@@H](CCCN=C(N)N)C(=O)N[C@@H](CCCN=C(N)N)C(=O)N[C@@H](CS)C(N)=O)C(=O)[C@H](CCCN=C(N)N)NC(=O)[C@H](CCCN=C(N)N)NC1=O. The van der Waals surface area contributed by atoms with Crippen molar-refractivity contribution in [3.8, 4) is 0 Å². The van der Waals surface area contributed by atoms with Crippen molar-refractivity contribution >= 4 is 125 Å². The summed E-state index contributed by atoms with van der Waals surface area (Å²) in [5.41, 5.74) is 77.5. The van der Waals surface area contributed by atoms with Gasteiger partial charge in [-0.3, -0.25) is 92.3 Å². The van der Waals surface area contributed by atoms with Crippen LogP contribution in [-0.2, 0) is 62.3 Å².